The van der Waals surface area contributed by atoms with Gasteiger partial charge in [0, 0.05) is 25.2 Å². The lowest BCUT2D eigenvalue weighted by Gasteiger charge is -2.39. The Labute approximate surface area is 116 Å². The molecule has 0 aromatic heterocycles. The second kappa shape index (κ2) is 7.25. The lowest BCUT2D eigenvalue weighted by molar-refractivity contribution is -0.138. The first-order valence-electron chi connectivity index (χ1n) is 7.87. The van der Waals surface area contributed by atoms with Crippen molar-refractivity contribution < 1.29 is 9.90 Å². The average molecular weight is 268 g/mol. The van der Waals surface area contributed by atoms with E-state index in [0.29, 0.717) is 18.0 Å². The predicted molar refractivity (Wildman–Crippen MR) is 76.3 cm³/mol. The molecule has 0 bridgehead atoms. The summed E-state index contributed by atoms with van der Waals surface area (Å²) >= 11 is 0. The standard InChI is InChI=1S/C15H28N2O2/c1-2-12-8-14(10-17(9-12)11-15(18)19)16-13-6-4-3-5-7-13/h12-14,16H,2-11H2,1H3,(H,18,19). The molecule has 2 N–H and O–H groups in total. The molecule has 0 amide bonds. The summed E-state index contributed by atoms with van der Waals surface area (Å²) in [6.45, 7) is 4.26. The van der Waals surface area contributed by atoms with E-state index in [-0.39, 0.29) is 6.54 Å². The van der Waals surface area contributed by atoms with Crippen LogP contribution in [0.4, 0.5) is 0 Å². The molecule has 0 aromatic rings. The second-order valence-electron chi connectivity index (χ2n) is 6.30. The van der Waals surface area contributed by atoms with Crippen LogP contribution in [-0.4, -0.2) is 47.7 Å². The minimum Gasteiger partial charge on any atom is -0.480 e. The van der Waals surface area contributed by atoms with Crippen molar-refractivity contribution in [3.63, 3.8) is 0 Å². The predicted octanol–water partition coefficient (Wildman–Crippen LogP) is 2.09. The van der Waals surface area contributed by atoms with Crippen LogP contribution in [0.5, 0.6) is 0 Å². The normalized spacial score (nSPS) is 30.4. The summed E-state index contributed by atoms with van der Waals surface area (Å²) in [5.41, 5.74) is 0. The van der Waals surface area contributed by atoms with Gasteiger partial charge in [-0.3, -0.25) is 9.69 Å². The van der Waals surface area contributed by atoms with E-state index in [1.54, 1.807) is 0 Å². The lowest BCUT2D eigenvalue weighted by Crippen LogP contribution is -2.53. The Morgan fingerprint density at radius 3 is 2.58 bits per heavy atom. The number of hydrogen-bond acceptors (Lipinski definition) is 3. The smallest absolute Gasteiger partial charge is 0.317 e. The van der Waals surface area contributed by atoms with Crippen LogP contribution in [0.15, 0.2) is 0 Å². The van der Waals surface area contributed by atoms with Crippen molar-refractivity contribution in [3.8, 4) is 0 Å². The highest BCUT2D eigenvalue weighted by Gasteiger charge is 2.28. The Kier molecular flexibility index (Phi) is 5.64. The van der Waals surface area contributed by atoms with Gasteiger partial charge in [-0.15, -0.1) is 0 Å². The number of carboxylic acids is 1. The van der Waals surface area contributed by atoms with E-state index in [1.807, 2.05) is 0 Å². The summed E-state index contributed by atoms with van der Waals surface area (Å²) in [6.07, 6.45) is 9.03. The summed E-state index contributed by atoms with van der Waals surface area (Å²) in [4.78, 5) is 13.0. The van der Waals surface area contributed by atoms with Crippen LogP contribution in [0, 0.1) is 5.92 Å². The van der Waals surface area contributed by atoms with E-state index in [9.17, 15) is 4.79 Å². The number of nitrogens with zero attached hydrogens (tertiary/aromatic N) is 1. The van der Waals surface area contributed by atoms with Crippen LogP contribution in [0.2, 0.25) is 0 Å². The first-order valence-corrected chi connectivity index (χ1v) is 7.87. The van der Waals surface area contributed by atoms with Crippen molar-refractivity contribution in [2.75, 3.05) is 19.6 Å². The molecule has 4 heteroatoms. The number of nitrogens with one attached hydrogen (secondary N) is 1. The molecular formula is C15H28N2O2. The van der Waals surface area contributed by atoms with Gasteiger partial charge in [-0.1, -0.05) is 32.6 Å². The maximum Gasteiger partial charge on any atom is 0.317 e. The van der Waals surface area contributed by atoms with Crippen molar-refractivity contribution >= 4 is 5.97 Å². The van der Waals surface area contributed by atoms with Crippen LogP contribution in [-0.2, 0) is 4.79 Å². The van der Waals surface area contributed by atoms with Gasteiger partial charge in [0.15, 0.2) is 0 Å². The molecule has 2 atom stereocenters. The van der Waals surface area contributed by atoms with Crippen molar-refractivity contribution in [1.29, 1.82) is 0 Å². The summed E-state index contributed by atoms with van der Waals surface area (Å²) in [5, 5.41) is 12.8. The van der Waals surface area contributed by atoms with Gasteiger partial charge >= 0.3 is 5.97 Å². The highest BCUT2D eigenvalue weighted by atomic mass is 16.4. The zero-order valence-electron chi connectivity index (χ0n) is 12.1. The zero-order valence-corrected chi connectivity index (χ0v) is 12.1. The van der Waals surface area contributed by atoms with E-state index in [2.05, 4.69) is 17.1 Å². The summed E-state index contributed by atoms with van der Waals surface area (Å²) in [6, 6.07) is 1.15. The summed E-state index contributed by atoms with van der Waals surface area (Å²) in [7, 11) is 0. The van der Waals surface area contributed by atoms with E-state index >= 15 is 0 Å². The van der Waals surface area contributed by atoms with Gasteiger partial charge in [0.2, 0.25) is 0 Å². The fraction of sp³-hybridized carbons (Fsp3) is 0.933. The molecule has 1 saturated heterocycles. The first kappa shape index (κ1) is 14.8. The van der Waals surface area contributed by atoms with E-state index in [0.717, 1.165) is 19.5 Å². The summed E-state index contributed by atoms with van der Waals surface area (Å²) in [5.74, 6) is -0.0534. The molecule has 2 aliphatic rings. The van der Waals surface area contributed by atoms with Gasteiger partial charge in [-0.25, -0.2) is 0 Å². The van der Waals surface area contributed by atoms with Crippen molar-refractivity contribution in [2.45, 2.75) is 64.0 Å². The fourth-order valence-electron chi connectivity index (χ4n) is 3.64. The third kappa shape index (κ3) is 4.77. The van der Waals surface area contributed by atoms with Crippen LogP contribution >= 0.6 is 0 Å². The van der Waals surface area contributed by atoms with Crippen LogP contribution < -0.4 is 5.32 Å². The van der Waals surface area contributed by atoms with E-state index < -0.39 is 5.97 Å². The fourth-order valence-corrected chi connectivity index (χ4v) is 3.64. The SMILES string of the molecule is CCC1CC(NC2CCCCC2)CN(CC(=O)O)C1. The van der Waals surface area contributed by atoms with Gasteiger partial charge in [-0.05, 0) is 25.2 Å². The van der Waals surface area contributed by atoms with Crippen LogP contribution in [0.3, 0.4) is 0 Å². The number of aliphatic carboxylic acids is 1. The molecule has 0 aromatic carbocycles. The first-order chi connectivity index (χ1) is 9.17. The molecule has 4 nitrogen and oxygen atoms in total. The minimum absolute atomic E-state index is 0.194. The second-order valence-corrected chi connectivity index (χ2v) is 6.30. The van der Waals surface area contributed by atoms with Gasteiger partial charge in [-0.2, -0.15) is 0 Å². The topological polar surface area (TPSA) is 52.6 Å². The Bertz CT molecular complexity index is 290. The van der Waals surface area contributed by atoms with Gasteiger partial charge < -0.3 is 10.4 Å². The summed E-state index contributed by atoms with van der Waals surface area (Å²) < 4.78 is 0. The van der Waals surface area contributed by atoms with Crippen LogP contribution in [0.1, 0.15) is 51.9 Å². The molecule has 0 radical (unpaired) electrons. The number of carboxylic acid groups (broad SMARTS) is 1. The average Bonchev–Trinajstić information content (AvgIpc) is 2.38. The van der Waals surface area contributed by atoms with Crippen molar-refractivity contribution in [3.05, 3.63) is 0 Å². The number of carbonyl (C=O) groups is 1. The maximum atomic E-state index is 10.9. The maximum absolute atomic E-state index is 10.9. The van der Waals surface area contributed by atoms with Gasteiger partial charge in [0.05, 0.1) is 6.54 Å². The lowest BCUT2D eigenvalue weighted by atomic mass is 9.89. The molecule has 1 saturated carbocycles. The number of hydrogen-bond donors (Lipinski definition) is 2. The third-order valence-corrected chi connectivity index (χ3v) is 4.63. The van der Waals surface area contributed by atoms with Gasteiger partial charge in [0.25, 0.3) is 0 Å². The Morgan fingerprint density at radius 2 is 1.95 bits per heavy atom. The molecular weight excluding hydrogens is 240 g/mol. The van der Waals surface area contributed by atoms with E-state index in [4.69, 9.17) is 5.11 Å². The Balaban J connectivity index is 1.85. The molecule has 110 valence electrons. The molecule has 1 heterocycles. The monoisotopic (exact) mass is 268 g/mol. The van der Waals surface area contributed by atoms with E-state index in [1.165, 1.54) is 38.5 Å². The van der Waals surface area contributed by atoms with Gasteiger partial charge in [0.1, 0.15) is 0 Å². The Hall–Kier alpha value is -0.610. The minimum atomic E-state index is -0.701. The molecule has 2 fully saturated rings. The van der Waals surface area contributed by atoms with Crippen molar-refractivity contribution in [1.82, 2.24) is 10.2 Å². The largest absolute Gasteiger partial charge is 0.480 e. The van der Waals surface area contributed by atoms with Crippen LogP contribution in [0.25, 0.3) is 0 Å². The number of likely N-dealkylation sites (tertiary alicyclic amines) is 1. The molecule has 1 aliphatic heterocycles. The quantitative estimate of drug-likeness (QED) is 0.801. The van der Waals surface area contributed by atoms with Crippen molar-refractivity contribution in [2.24, 2.45) is 5.92 Å². The zero-order chi connectivity index (χ0) is 13.7. The molecule has 2 unspecified atom stereocenters. The molecule has 2 rings (SSSR count). The number of piperidine rings is 1. The number of rotatable bonds is 5. The Morgan fingerprint density at radius 1 is 1.21 bits per heavy atom. The third-order valence-electron chi connectivity index (χ3n) is 4.63. The molecule has 0 spiro atoms. The molecule has 1 aliphatic carbocycles. The molecule has 19 heavy (non-hydrogen) atoms. The highest BCUT2D eigenvalue weighted by molar-refractivity contribution is 5.69. The highest BCUT2D eigenvalue weighted by Crippen LogP contribution is 2.23.